The normalized spacial score (nSPS) is 19.2. The number of nitrogens with zero attached hydrogens (tertiary/aromatic N) is 20. The van der Waals surface area contributed by atoms with E-state index in [1.807, 2.05) is 114 Å². The molecule has 4 atom stereocenters. The summed E-state index contributed by atoms with van der Waals surface area (Å²) < 4.78 is 50.1. The average Bonchev–Trinajstić information content (AvgIpc) is 1.46. The Morgan fingerprint density at radius 1 is 0.444 bits per heavy atom. The highest BCUT2D eigenvalue weighted by molar-refractivity contribution is 7.88. The third-order valence-electron chi connectivity index (χ3n) is 24.1. The molecule has 5 aromatic carbocycles. The van der Waals surface area contributed by atoms with Gasteiger partial charge >= 0.3 is 6.09 Å². The Balaban J connectivity index is 0.000000113. The van der Waals surface area contributed by atoms with E-state index >= 15 is 0 Å². The number of benzene rings is 5. The first-order valence-corrected chi connectivity index (χ1v) is 42.1. The van der Waals surface area contributed by atoms with Crippen LogP contribution >= 0.6 is 0 Å². The SMILES string of the molecule is [C-]#[N+]C1=C(C2=CCN(C(C)=O)CC2)Nc2[nH]ncc2C1c1cccc2nonc12.[C-]#[N+]C1=C(C2CCN(C(=O)OCC)CC2)Nc2[nH]ncc2C1c1cccc2nonc12.[C-]#[N+]C1=C(C2CCN(C(=O)c3ccccc3)CC2)Nc2[nH]ncc2C1c1cccc2nonc12.[C-]#[N+]C1=C(C2CCN(S(C)(=O)=O)CC2)Nc2[nH]ncc2C1c1cccc2nonc12. The van der Waals surface area contributed by atoms with E-state index in [1.165, 1.54) is 10.6 Å². The van der Waals surface area contributed by atoms with Gasteiger partial charge in [-0.25, -0.2) is 55.4 Å². The van der Waals surface area contributed by atoms with Crippen molar-refractivity contribution in [1.29, 1.82) is 0 Å². The Morgan fingerprint density at radius 2 is 0.806 bits per heavy atom. The monoisotopic (exact) mass is 1680 g/mol. The predicted molar refractivity (Wildman–Crippen MR) is 448 cm³/mol. The Hall–Kier alpha value is -15.5. The van der Waals surface area contributed by atoms with Crippen LogP contribution in [0.25, 0.3) is 63.5 Å². The largest absolute Gasteiger partial charge is 0.450 e. The molecule has 39 heteroatoms. The summed E-state index contributed by atoms with van der Waals surface area (Å²) in [6, 6.07) is 32.0. The lowest BCUT2D eigenvalue weighted by atomic mass is 9.81. The molecule has 0 aliphatic carbocycles. The van der Waals surface area contributed by atoms with Crippen LogP contribution in [-0.2, 0) is 19.6 Å². The van der Waals surface area contributed by atoms with Crippen LogP contribution in [0.15, 0.2) is 204 Å². The van der Waals surface area contributed by atoms with Crippen LogP contribution in [0.2, 0.25) is 0 Å². The van der Waals surface area contributed by atoms with Gasteiger partial charge in [-0.1, -0.05) is 72.8 Å². The number of amides is 3. The molecule has 0 radical (unpaired) electrons. The second-order valence-corrected chi connectivity index (χ2v) is 32.8. The summed E-state index contributed by atoms with van der Waals surface area (Å²) in [5, 5.41) is 74.5. The summed E-state index contributed by atoms with van der Waals surface area (Å²) in [6.07, 6.45) is 14.9. The number of sulfonamides is 1. The first-order valence-electron chi connectivity index (χ1n) is 40.3. The van der Waals surface area contributed by atoms with Crippen molar-refractivity contribution in [2.45, 2.75) is 82.5 Å². The van der Waals surface area contributed by atoms with E-state index in [0.29, 0.717) is 151 Å². The zero-order valence-electron chi connectivity index (χ0n) is 67.0. The van der Waals surface area contributed by atoms with Crippen molar-refractivity contribution >= 4 is 95.3 Å². The highest BCUT2D eigenvalue weighted by Gasteiger charge is 2.43. The first kappa shape index (κ1) is 79.6. The van der Waals surface area contributed by atoms with Crippen LogP contribution in [-0.4, -0.2) is 193 Å². The molecule has 4 unspecified atom stereocenters. The maximum absolute atomic E-state index is 12.9. The predicted octanol–water partition coefficient (Wildman–Crippen LogP) is 12.8. The molecule has 21 rings (SSSR count). The number of piperidine rings is 3. The van der Waals surface area contributed by atoms with Crippen LogP contribution in [0.5, 0.6) is 0 Å². The fourth-order valence-electron chi connectivity index (χ4n) is 18.0. The third kappa shape index (κ3) is 15.0. The molecule has 624 valence electrons. The van der Waals surface area contributed by atoms with Crippen molar-refractivity contribution in [3.63, 3.8) is 0 Å². The smallest absolute Gasteiger partial charge is 0.409 e. The van der Waals surface area contributed by atoms with E-state index in [4.69, 9.17) is 49.5 Å². The summed E-state index contributed by atoms with van der Waals surface area (Å²) in [6.45, 7) is 40.2. The molecule has 13 aromatic rings. The molecule has 3 saturated heterocycles. The topological polar surface area (TPSA) is 443 Å². The van der Waals surface area contributed by atoms with Gasteiger partial charge in [0, 0.05) is 110 Å². The number of allylic oxidation sites excluding steroid dienone is 8. The number of hydrogen-bond acceptors (Lipinski definition) is 26. The number of rotatable bonds is 11. The first-order chi connectivity index (χ1) is 60.6. The molecule has 8 aliphatic rings. The summed E-state index contributed by atoms with van der Waals surface area (Å²) in [4.78, 5) is 57.8. The number of H-pyrrole nitrogens is 4. The van der Waals surface area contributed by atoms with Crippen molar-refractivity contribution in [2.75, 3.05) is 86.5 Å². The number of carbonyl (C=O) groups excluding carboxylic acids is 3. The summed E-state index contributed by atoms with van der Waals surface area (Å²) in [5.41, 5.74) is 19.4. The quantitative estimate of drug-likeness (QED) is 0.0558. The standard InChI is InChI=1S/C25H21N7O2.C21H21N7O3.C20H17N7O2.C19H19N7O3S/c1-26-23-20(17-8-5-9-19-22(17)31-34-30-19)18-14-27-29-24(18)28-21(23)15-10-12-32(13-11-15)25(33)16-6-3-2-4-7-16;1-3-30-21(29)28-9-7-12(8-10-28)17-19(22-2)16(14-11-23-25-20(14)24-17)13-5-4-6-15-18(13)27-31-26-15;1-11(28)27-8-6-12(7-9-27)17-19(21-2)16(14-10-22-24-20(14)23-17)13-4-3-5-15-18(13)26-29-25-15;1-20-18-15(12-4-3-5-14-17(12)25-29-24-14)13-10-21-23-19(13)22-16(18)11-6-8-26(9-7-11)30(2,27)28/h2-9,14-15,20H,10-13H2,(H2,27,28,29);4-6,11-12,16H,3,7-10H2,1H3,(H2,23,24,25);3-6,10,16H,7-9H2,1H3,(H2,22,23,24);3-5,10-11,15H,6-9H2,2H3,(H2,21,22,23). The Morgan fingerprint density at radius 3 is 1.15 bits per heavy atom. The molecule has 8 N–H and O–H groups in total. The van der Waals surface area contributed by atoms with Crippen LogP contribution < -0.4 is 21.3 Å². The van der Waals surface area contributed by atoms with Crippen molar-refractivity contribution < 1.29 is 46.1 Å². The van der Waals surface area contributed by atoms with Gasteiger partial charge in [-0.05, 0) is 175 Å². The zero-order valence-corrected chi connectivity index (χ0v) is 67.8. The lowest BCUT2D eigenvalue weighted by molar-refractivity contribution is -0.128. The van der Waals surface area contributed by atoms with E-state index in [-0.39, 0.29) is 59.3 Å². The maximum atomic E-state index is 12.9. The van der Waals surface area contributed by atoms with Crippen molar-refractivity contribution in [3.8, 4) is 0 Å². The number of aromatic amines is 4. The molecule has 0 spiro atoms. The summed E-state index contributed by atoms with van der Waals surface area (Å²) in [7, 11) is -3.22. The number of nitrogens with one attached hydrogen (secondary N) is 8. The van der Waals surface area contributed by atoms with Gasteiger partial charge in [0.1, 0.15) is 67.4 Å². The third-order valence-corrected chi connectivity index (χ3v) is 25.4. The van der Waals surface area contributed by atoms with Gasteiger partial charge in [-0.2, -0.15) is 20.4 Å². The van der Waals surface area contributed by atoms with Gasteiger partial charge < -0.3 is 40.7 Å². The zero-order chi connectivity index (χ0) is 85.3. The number of fused-ring (bicyclic) bond motifs is 8. The minimum absolute atomic E-state index is 0.0423. The average molecular weight is 1680 g/mol. The Labute approximate surface area is 706 Å². The molecule has 3 amide bonds. The van der Waals surface area contributed by atoms with Crippen LogP contribution in [0.4, 0.5) is 28.1 Å². The van der Waals surface area contributed by atoms with Crippen LogP contribution in [0.3, 0.4) is 0 Å². The molecular weight excluding hydrogens is 1610 g/mol. The van der Waals surface area contributed by atoms with Gasteiger partial charge in [0.25, 0.3) is 5.91 Å². The number of carbonyl (C=O) groups is 3. The molecule has 124 heavy (non-hydrogen) atoms. The van der Waals surface area contributed by atoms with Gasteiger partial charge in [0.15, 0.2) is 22.8 Å². The van der Waals surface area contributed by atoms with Crippen molar-refractivity contribution in [3.05, 3.63) is 281 Å². The lowest BCUT2D eigenvalue weighted by Gasteiger charge is -2.36. The molecule has 16 heterocycles. The van der Waals surface area contributed by atoms with Crippen LogP contribution in [0, 0.1) is 44.0 Å². The van der Waals surface area contributed by atoms with Crippen molar-refractivity contribution in [1.82, 2.24) is 101 Å². The van der Waals surface area contributed by atoms with Gasteiger partial charge in [0.05, 0.1) is 87.6 Å². The summed E-state index contributed by atoms with van der Waals surface area (Å²) >= 11 is 0. The lowest BCUT2D eigenvalue weighted by Crippen LogP contribution is -2.40. The number of likely N-dealkylation sites (tertiary alicyclic amines) is 2. The second-order valence-electron chi connectivity index (χ2n) is 30.8. The van der Waals surface area contributed by atoms with E-state index in [2.05, 4.69) is 123 Å². The number of hydrogen-bond donors (Lipinski definition) is 8. The Bertz CT molecular complexity index is 6760. The summed E-state index contributed by atoms with van der Waals surface area (Å²) in [5.74, 6) is 2.05. The van der Waals surface area contributed by atoms with E-state index < -0.39 is 10.0 Å². The number of anilines is 4. The molecule has 38 nitrogen and oxygen atoms in total. The van der Waals surface area contributed by atoms with Gasteiger partial charge in [0.2, 0.25) is 15.9 Å². The van der Waals surface area contributed by atoms with Crippen molar-refractivity contribution in [2.24, 2.45) is 17.8 Å². The molecule has 8 aromatic heterocycles. The molecule has 8 aliphatic heterocycles. The van der Waals surface area contributed by atoms with Crippen LogP contribution in [0.1, 0.15) is 137 Å². The minimum Gasteiger partial charge on any atom is -0.450 e. The van der Waals surface area contributed by atoms with E-state index in [1.54, 1.807) is 48.4 Å². The second kappa shape index (κ2) is 34.0. The van der Waals surface area contributed by atoms with E-state index in [9.17, 15) is 22.8 Å². The highest BCUT2D eigenvalue weighted by atomic mass is 32.2. The molecule has 0 bridgehead atoms. The van der Waals surface area contributed by atoms with Gasteiger partial charge in [-0.15, -0.1) is 0 Å². The Kier molecular flexibility index (Phi) is 21.8. The number of ether oxygens (including phenoxy) is 1. The molecular formula is C85H78N28O10S. The molecule has 3 fully saturated rings. The van der Waals surface area contributed by atoms with Gasteiger partial charge in [-0.3, -0.25) is 30.0 Å². The van der Waals surface area contributed by atoms with E-state index in [0.717, 1.165) is 122 Å². The maximum Gasteiger partial charge on any atom is 0.409 e. The fraction of sp³-hybridized carbons (Fsp3) is 0.306. The highest BCUT2D eigenvalue weighted by Crippen LogP contribution is 2.51. The molecule has 0 saturated carbocycles. The minimum atomic E-state index is -3.22. The fourth-order valence-corrected chi connectivity index (χ4v) is 18.8. The number of aromatic nitrogens is 16.